The summed E-state index contributed by atoms with van der Waals surface area (Å²) in [7, 11) is 1.54. The van der Waals surface area contributed by atoms with Gasteiger partial charge in [0.1, 0.15) is 13.2 Å². The van der Waals surface area contributed by atoms with Crippen molar-refractivity contribution in [2.75, 3.05) is 40.9 Å². The Morgan fingerprint density at radius 2 is 0.817 bits per heavy atom. The Balaban J connectivity index is 4.29. The highest BCUT2D eigenvalue weighted by Crippen LogP contribution is 2.43. The van der Waals surface area contributed by atoms with Gasteiger partial charge in [-0.2, -0.15) is 0 Å². The van der Waals surface area contributed by atoms with Gasteiger partial charge in [-0.05, 0) is 83.5 Å². The first-order chi connectivity index (χ1) is 34.5. The Bertz CT molecular complexity index is 1380. The van der Waals surface area contributed by atoms with Crippen molar-refractivity contribution in [3.8, 4) is 0 Å². The molecule has 0 aromatic rings. The van der Waals surface area contributed by atoms with Gasteiger partial charge in [0.2, 0.25) is 5.91 Å². The Morgan fingerprint density at radius 3 is 1.23 bits per heavy atom. The van der Waals surface area contributed by atoms with E-state index >= 15 is 0 Å². The number of aliphatic hydroxyl groups excluding tert-OH is 1. The number of aliphatic hydroxyl groups is 1. The fourth-order valence-electron chi connectivity index (χ4n) is 8.43. The number of amides is 1. The maximum absolute atomic E-state index is 13.0. The number of hydrogen-bond acceptors (Lipinski definition) is 5. The fourth-order valence-corrected chi connectivity index (χ4v) is 9.17. The van der Waals surface area contributed by atoms with Gasteiger partial charge in [-0.25, -0.2) is 4.57 Å². The number of phosphoric ester groups is 1. The summed E-state index contributed by atoms with van der Waals surface area (Å²) in [5.41, 5.74) is 0. The van der Waals surface area contributed by atoms with E-state index < -0.39 is 20.0 Å². The van der Waals surface area contributed by atoms with Gasteiger partial charge in [0, 0.05) is 6.42 Å². The van der Waals surface area contributed by atoms with Crippen molar-refractivity contribution in [3.63, 3.8) is 0 Å². The number of allylic oxidation sites excluding steroid dienone is 11. The van der Waals surface area contributed by atoms with Crippen LogP contribution in [0.15, 0.2) is 72.9 Å². The molecule has 0 bridgehead atoms. The van der Waals surface area contributed by atoms with Gasteiger partial charge in [0.15, 0.2) is 0 Å². The average molecular weight is 1020 g/mol. The molecule has 71 heavy (non-hydrogen) atoms. The molecule has 0 aromatic carbocycles. The number of rotatable bonds is 54. The molecule has 0 aliphatic heterocycles. The van der Waals surface area contributed by atoms with E-state index in [-0.39, 0.29) is 19.1 Å². The molecular weight excluding hydrogens is 900 g/mol. The number of unbranched alkanes of at least 4 members (excludes halogenated alkanes) is 31. The Kier molecular flexibility index (Phi) is 51.3. The minimum absolute atomic E-state index is 0.0501. The zero-order valence-electron chi connectivity index (χ0n) is 47.2. The molecule has 9 heteroatoms. The number of likely N-dealkylation sites (N-methyl/N-ethyl adjacent to an activating group) is 1. The van der Waals surface area contributed by atoms with Crippen molar-refractivity contribution in [2.24, 2.45) is 0 Å². The molecule has 0 heterocycles. The first kappa shape index (κ1) is 68.9. The topological polar surface area (TPSA) is 105 Å². The largest absolute Gasteiger partial charge is 0.472 e. The van der Waals surface area contributed by atoms with Crippen LogP contribution in [0, 0.1) is 0 Å². The molecule has 0 rings (SSSR count). The number of nitrogens with one attached hydrogen (secondary N) is 1. The molecule has 0 aliphatic rings. The summed E-state index contributed by atoms with van der Waals surface area (Å²) in [6.07, 6.45) is 72.9. The lowest BCUT2D eigenvalue weighted by Gasteiger charge is -2.25. The van der Waals surface area contributed by atoms with Crippen LogP contribution in [-0.4, -0.2) is 73.4 Å². The first-order valence-corrected chi connectivity index (χ1v) is 31.3. The number of carbonyl (C=O) groups is 1. The predicted octanol–water partition coefficient (Wildman–Crippen LogP) is 18.3. The molecule has 1 amide bonds. The molecule has 0 saturated carbocycles. The van der Waals surface area contributed by atoms with E-state index in [1.165, 1.54) is 186 Å². The summed E-state index contributed by atoms with van der Waals surface area (Å²) in [6, 6.07) is -0.877. The number of quaternary nitrogens is 1. The SMILES string of the molecule is CCCCCCC/C=C\C/C=C\C/C=C\CCCCCCCCCCCCC(=O)NC(COP(=O)(O)OCC[N+](C)(C)C)C(O)/C=C/CC/C=C/CC/C=C/CCCCCCCCCCCCCCCC. The lowest BCUT2D eigenvalue weighted by molar-refractivity contribution is -0.870. The first-order valence-electron chi connectivity index (χ1n) is 29.8. The van der Waals surface area contributed by atoms with Gasteiger partial charge in [-0.1, -0.05) is 247 Å². The quantitative estimate of drug-likeness (QED) is 0.0243. The van der Waals surface area contributed by atoms with Crippen LogP contribution in [0.1, 0.15) is 264 Å². The monoisotopic (exact) mass is 1020 g/mol. The van der Waals surface area contributed by atoms with Crippen LogP contribution < -0.4 is 5.32 Å². The molecular formula is C62H116N2O6P+. The van der Waals surface area contributed by atoms with E-state index in [9.17, 15) is 19.4 Å². The summed E-state index contributed by atoms with van der Waals surface area (Å²) < 4.78 is 23.7. The van der Waals surface area contributed by atoms with Crippen LogP contribution in [0.5, 0.6) is 0 Å². The molecule has 8 nitrogen and oxygen atoms in total. The highest BCUT2D eigenvalue weighted by molar-refractivity contribution is 7.47. The van der Waals surface area contributed by atoms with E-state index in [2.05, 4.69) is 79.9 Å². The number of carbonyl (C=O) groups excluding carboxylic acids is 1. The Morgan fingerprint density at radius 1 is 0.479 bits per heavy atom. The lowest BCUT2D eigenvalue weighted by atomic mass is 10.0. The van der Waals surface area contributed by atoms with Gasteiger partial charge in [0.25, 0.3) is 0 Å². The zero-order valence-corrected chi connectivity index (χ0v) is 48.1. The van der Waals surface area contributed by atoms with E-state index in [0.717, 1.165) is 57.8 Å². The normalized spacial score (nSPS) is 14.4. The summed E-state index contributed by atoms with van der Waals surface area (Å²) >= 11 is 0. The Labute approximate surface area is 440 Å². The molecule has 0 aliphatic carbocycles. The molecule has 0 radical (unpaired) electrons. The summed E-state index contributed by atoms with van der Waals surface area (Å²) in [6.45, 7) is 4.79. The third-order valence-electron chi connectivity index (χ3n) is 13.1. The van der Waals surface area contributed by atoms with Crippen LogP contribution in [0.25, 0.3) is 0 Å². The highest BCUT2D eigenvalue weighted by Gasteiger charge is 2.27. The second kappa shape index (κ2) is 52.8. The molecule has 3 unspecified atom stereocenters. The van der Waals surface area contributed by atoms with Gasteiger partial charge >= 0.3 is 7.82 Å². The number of phosphoric acid groups is 1. The Hall–Kier alpha value is -2.06. The van der Waals surface area contributed by atoms with Crippen LogP contribution >= 0.6 is 7.82 Å². The van der Waals surface area contributed by atoms with Crippen molar-refractivity contribution in [2.45, 2.75) is 276 Å². The van der Waals surface area contributed by atoms with E-state index in [4.69, 9.17) is 9.05 Å². The standard InChI is InChI=1S/C62H115N2O6P/c1-6-8-10-12-14-16-18-20-22-24-26-28-30-32-34-36-38-40-42-44-46-48-50-52-54-56-62(66)63-60(59-70-71(67,68)69-58-57-64(3,4)5)61(65)55-53-51-49-47-45-43-41-39-37-35-33-31-29-27-25-23-21-19-17-15-13-11-9-7-2/h18,20,24,26,30,32,37,39,45,47,53,55,60-61,65H,6-17,19,21-23,25,27-29,31,33-36,38,40-44,46,48-52,54,56-59H2,1-5H3,(H-,63,66,67,68)/p+1/b20-18-,26-24-,32-30-,39-37+,47-45+,55-53+. The zero-order chi connectivity index (χ0) is 52.0. The van der Waals surface area contributed by atoms with Crippen molar-refractivity contribution < 1.29 is 32.9 Å². The third-order valence-corrected chi connectivity index (χ3v) is 14.1. The maximum atomic E-state index is 13.0. The summed E-state index contributed by atoms with van der Waals surface area (Å²) in [5.74, 6) is -0.195. The van der Waals surface area contributed by atoms with Crippen LogP contribution in [0.2, 0.25) is 0 Å². The molecule has 0 spiro atoms. The van der Waals surface area contributed by atoms with E-state index in [1.54, 1.807) is 6.08 Å². The van der Waals surface area contributed by atoms with E-state index in [0.29, 0.717) is 17.4 Å². The second-order valence-electron chi connectivity index (χ2n) is 21.3. The molecule has 414 valence electrons. The van der Waals surface area contributed by atoms with Crippen molar-refractivity contribution in [1.29, 1.82) is 0 Å². The predicted molar refractivity (Wildman–Crippen MR) is 309 cm³/mol. The van der Waals surface area contributed by atoms with Crippen LogP contribution in [0.3, 0.4) is 0 Å². The summed E-state index contributed by atoms with van der Waals surface area (Å²) in [4.78, 5) is 23.3. The minimum atomic E-state index is -4.37. The van der Waals surface area contributed by atoms with Crippen molar-refractivity contribution >= 4 is 13.7 Å². The van der Waals surface area contributed by atoms with Crippen molar-refractivity contribution in [3.05, 3.63) is 72.9 Å². The number of nitrogens with zero attached hydrogens (tertiary/aromatic N) is 1. The fraction of sp³-hybridized carbons (Fsp3) is 0.790. The molecule has 0 saturated heterocycles. The molecule has 0 fully saturated rings. The third kappa shape index (κ3) is 55.5. The smallest absolute Gasteiger partial charge is 0.387 e. The van der Waals surface area contributed by atoms with Gasteiger partial charge in [-0.15, -0.1) is 0 Å². The van der Waals surface area contributed by atoms with Crippen LogP contribution in [-0.2, 0) is 18.4 Å². The second-order valence-corrected chi connectivity index (χ2v) is 22.8. The maximum Gasteiger partial charge on any atom is 0.472 e. The minimum Gasteiger partial charge on any atom is -0.387 e. The highest BCUT2D eigenvalue weighted by atomic mass is 31.2. The lowest BCUT2D eigenvalue weighted by Crippen LogP contribution is -2.45. The van der Waals surface area contributed by atoms with Gasteiger partial charge in [0.05, 0.1) is 39.9 Å². The van der Waals surface area contributed by atoms with Crippen LogP contribution in [0.4, 0.5) is 0 Å². The van der Waals surface area contributed by atoms with Gasteiger partial charge in [-0.3, -0.25) is 13.8 Å². The van der Waals surface area contributed by atoms with E-state index in [1.807, 2.05) is 27.2 Å². The average Bonchev–Trinajstić information content (AvgIpc) is 3.33. The molecule has 0 aromatic heterocycles. The van der Waals surface area contributed by atoms with Crippen molar-refractivity contribution in [1.82, 2.24) is 5.32 Å². The molecule has 3 N–H and O–H groups in total. The number of hydrogen-bond donors (Lipinski definition) is 3. The molecule has 3 atom stereocenters. The van der Waals surface area contributed by atoms with Gasteiger partial charge < -0.3 is 19.8 Å². The summed E-state index contributed by atoms with van der Waals surface area (Å²) in [5, 5.41) is 13.9.